The number of anilines is 1. The highest BCUT2D eigenvalue weighted by atomic mass is 35.5. The SMILES string of the molecule is COc1ccc(S(=O)(=O)N(CC(=O)Nc2ccc(CC#N)cc2)Cc2ccccc2)cc1Cl. The van der Waals surface area contributed by atoms with Crippen LogP contribution in [-0.4, -0.2) is 32.3 Å². The third kappa shape index (κ3) is 6.33. The summed E-state index contributed by atoms with van der Waals surface area (Å²) in [6.07, 6.45) is 0.266. The number of hydrogen-bond acceptors (Lipinski definition) is 5. The van der Waals surface area contributed by atoms with Crippen LogP contribution in [0.5, 0.6) is 5.75 Å². The minimum absolute atomic E-state index is 0.00134. The van der Waals surface area contributed by atoms with Gasteiger partial charge in [0.2, 0.25) is 15.9 Å². The van der Waals surface area contributed by atoms with E-state index in [0.717, 1.165) is 15.4 Å². The van der Waals surface area contributed by atoms with Crippen LogP contribution in [0, 0.1) is 11.3 Å². The van der Waals surface area contributed by atoms with Gasteiger partial charge in [0.05, 0.1) is 36.1 Å². The molecule has 0 aliphatic carbocycles. The predicted molar refractivity (Wildman–Crippen MR) is 126 cm³/mol. The highest BCUT2D eigenvalue weighted by Crippen LogP contribution is 2.29. The topological polar surface area (TPSA) is 99.5 Å². The second-order valence-electron chi connectivity index (χ2n) is 7.14. The van der Waals surface area contributed by atoms with Crippen LogP contribution in [0.4, 0.5) is 5.69 Å². The maximum atomic E-state index is 13.4. The van der Waals surface area contributed by atoms with Gasteiger partial charge in [-0.2, -0.15) is 9.57 Å². The van der Waals surface area contributed by atoms with Gasteiger partial charge in [0.1, 0.15) is 5.75 Å². The Hall–Kier alpha value is -3.38. The van der Waals surface area contributed by atoms with Crippen LogP contribution < -0.4 is 10.1 Å². The number of halogens is 1. The minimum atomic E-state index is -4.05. The number of nitriles is 1. The van der Waals surface area contributed by atoms with Crippen LogP contribution in [0.15, 0.2) is 77.7 Å². The molecule has 3 rings (SSSR count). The quantitative estimate of drug-likeness (QED) is 0.490. The Morgan fingerprint density at radius 3 is 2.36 bits per heavy atom. The van der Waals surface area contributed by atoms with Crippen LogP contribution in [-0.2, 0) is 27.8 Å². The Kier molecular flexibility index (Phi) is 8.06. The van der Waals surface area contributed by atoms with Crippen molar-refractivity contribution in [3.8, 4) is 11.8 Å². The molecule has 0 aliphatic rings. The first-order valence-electron chi connectivity index (χ1n) is 9.97. The number of nitrogens with zero attached hydrogens (tertiary/aromatic N) is 2. The van der Waals surface area contributed by atoms with E-state index in [9.17, 15) is 13.2 Å². The summed E-state index contributed by atoms with van der Waals surface area (Å²) in [6, 6.07) is 22.0. The van der Waals surface area contributed by atoms with Gasteiger partial charge in [-0.25, -0.2) is 8.42 Å². The Morgan fingerprint density at radius 2 is 1.76 bits per heavy atom. The molecule has 7 nitrogen and oxygen atoms in total. The van der Waals surface area contributed by atoms with Crippen LogP contribution in [0.2, 0.25) is 5.02 Å². The zero-order chi connectivity index (χ0) is 23.8. The molecule has 1 amide bonds. The lowest BCUT2D eigenvalue weighted by Gasteiger charge is -2.22. The molecule has 170 valence electrons. The Labute approximate surface area is 198 Å². The largest absolute Gasteiger partial charge is 0.495 e. The fourth-order valence-electron chi connectivity index (χ4n) is 3.13. The number of rotatable bonds is 9. The summed E-state index contributed by atoms with van der Waals surface area (Å²) in [5.74, 6) is -0.148. The summed E-state index contributed by atoms with van der Waals surface area (Å²) in [5, 5.41) is 11.6. The molecule has 0 aromatic heterocycles. The van der Waals surface area contributed by atoms with Crippen molar-refractivity contribution >= 4 is 33.2 Å². The van der Waals surface area contributed by atoms with Crippen molar-refractivity contribution in [1.82, 2.24) is 4.31 Å². The average molecular weight is 484 g/mol. The van der Waals surface area contributed by atoms with E-state index in [1.807, 2.05) is 6.07 Å². The summed E-state index contributed by atoms with van der Waals surface area (Å²) >= 11 is 6.14. The van der Waals surface area contributed by atoms with E-state index >= 15 is 0 Å². The lowest BCUT2D eigenvalue weighted by molar-refractivity contribution is -0.116. The van der Waals surface area contributed by atoms with Crippen LogP contribution in [0.1, 0.15) is 11.1 Å². The summed E-state index contributed by atoms with van der Waals surface area (Å²) in [5.41, 5.74) is 2.06. The minimum Gasteiger partial charge on any atom is -0.495 e. The lowest BCUT2D eigenvalue weighted by Crippen LogP contribution is -2.37. The van der Waals surface area contributed by atoms with Crippen molar-refractivity contribution in [2.75, 3.05) is 19.0 Å². The molecular formula is C24H22ClN3O4S. The average Bonchev–Trinajstić information content (AvgIpc) is 2.80. The van der Waals surface area contributed by atoms with Crippen molar-refractivity contribution < 1.29 is 17.9 Å². The Morgan fingerprint density at radius 1 is 1.06 bits per heavy atom. The standard InChI is InChI=1S/C24H22ClN3O4S/c1-32-23-12-11-21(15-22(23)25)33(30,31)28(16-19-5-3-2-4-6-19)17-24(29)27-20-9-7-18(8-10-20)13-14-26/h2-12,15H,13,16-17H2,1H3,(H,27,29). The van der Waals surface area contributed by atoms with Crippen LogP contribution in [0.25, 0.3) is 0 Å². The molecule has 0 unspecified atom stereocenters. The summed E-state index contributed by atoms with van der Waals surface area (Å²) in [6.45, 7) is -0.401. The van der Waals surface area contributed by atoms with E-state index < -0.39 is 22.5 Å². The van der Waals surface area contributed by atoms with Gasteiger partial charge in [-0.05, 0) is 41.5 Å². The van der Waals surface area contributed by atoms with E-state index in [4.69, 9.17) is 21.6 Å². The van der Waals surface area contributed by atoms with Gasteiger partial charge in [0.25, 0.3) is 0 Å². The van der Waals surface area contributed by atoms with Crippen LogP contribution in [0.3, 0.4) is 0 Å². The molecule has 0 radical (unpaired) electrons. The van der Waals surface area contributed by atoms with Crippen molar-refractivity contribution in [2.45, 2.75) is 17.9 Å². The molecular weight excluding hydrogens is 462 g/mol. The second kappa shape index (κ2) is 11.0. The third-order valence-corrected chi connectivity index (χ3v) is 6.89. The van der Waals surface area contributed by atoms with Crippen molar-refractivity contribution in [3.05, 3.63) is 88.9 Å². The predicted octanol–water partition coefficient (Wildman–Crippen LogP) is 4.24. The smallest absolute Gasteiger partial charge is 0.243 e. The number of ether oxygens (including phenoxy) is 1. The molecule has 0 saturated heterocycles. The highest BCUT2D eigenvalue weighted by Gasteiger charge is 2.28. The zero-order valence-electron chi connectivity index (χ0n) is 17.9. The zero-order valence-corrected chi connectivity index (χ0v) is 19.4. The summed E-state index contributed by atoms with van der Waals surface area (Å²) in [4.78, 5) is 12.7. The normalized spacial score (nSPS) is 11.1. The van der Waals surface area contributed by atoms with Gasteiger partial charge in [0, 0.05) is 12.2 Å². The fraction of sp³-hybridized carbons (Fsp3) is 0.167. The summed E-state index contributed by atoms with van der Waals surface area (Å²) < 4.78 is 33.0. The molecule has 1 N–H and O–H groups in total. The molecule has 0 atom stereocenters. The van der Waals surface area contributed by atoms with Gasteiger partial charge in [0.15, 0.2) is 0 Å². The maximum Gasteiger partial charge on any atom is 0.243 e. The third-order valence-electron chi connectivity index (χ3n) is 4.80. The van der Waals surface area contributed by atoms with Crippen LogP contribution >= 0.6 is 11.6 Å². The summed E-state index contributed by atoms with van der Waals surface area (Å²) in [7, 11) is -2.61. The van der Waals surface area contributed by atoms with Crippen molar-refractivity contribution in [3.63, 3.8) is 0 Å². The molecule has 0 aliphatic heterocycles. The van der Waals surface area contributed by atoms with Gasteiger partial charge in [-0.1, -0.05) is 54.1 Å². The van der Waals surface area contributed by atoms with Crippen molar-refractivity contribution in [1.29, 1.82) is 5.26 Å². The molecule has 3 aromatic carbocycles. The number of sulfonamides is 1. The van der Waals surface area contributed by atoms with E-state index in [1.165, 1.54) is 25.3 Å². The molecule has 9 heteroatoms. The van der Waals surface area contributed by atoms with E-state index in [2.05, 4.69) is 11.4 Å². The maximum absolute atomic E-state index is 13.4. The van der Waals surface area contributed by atoms with Gasteiger partial charge in [-0.3, -0.25) is 4.79 Å². The fourth-order valence-corrected chi connectivity index (χ4v) is 4.86. The number of nitrogens with one attached hydrogen (secondary N) is 1. The van der Waals surface area contributed by atoms with Gasteiger partial charge in [-0.15, -0.1) is 0 Å². The first-order valence-corrected chi connectivity index (χ1v) is 11.8. The lowest BCUT2D eigenvalue weighted by atomic mass is 10.1. The number of hydrogen-bond donors (Lipinski definition) is 1. The van der Waals surface area contributed by atoms with E-state index in [-0.39, 0.29) is 22.9 Å². The Bertz CT molecular complexity index is 1260. The molecule has 0 fully saturated rings. The molecule has 3 aromatic rings. The second-order valence-corrected chi connectivity index (χ2v) is 9.48. The monoisotopic (exact) mass is 483 g/mol. The number of amides is 1. The van der Waals surface area contributed by atoms with Gasteiger partial charge >= 0.3 is 0 Å². The number of carbonyl (C=O) groups is 1. The first-order chi connectivity index (χ1) is 15.8. The molecule has 0 spiro atoms. The number of carbonyl (C=O) groups excluding carboxylic acids is 1. The van der Waals surface area contributed by atoms with Gasteiger partial charge < -0.3 is 10.1 Å². The molecule has 0 bridgehead atoms. The molecule has 33 heavy (non-hydrogen) atoms. The number of benzene rings is 3. The van der Waals surface area contributed by atoms with E-state index in [1.54, 1.807) is 48.5 Å². The van der Waals surface area contributed by atoms with Crippen molar-refractivity contribution in [2.24, 2.45) is 0 Å². The first kappa shape index (κ1) is 24.3. The molecule has 0 heterocycles. The molecule has 0 saturated carbocycles. The van der Waals surface area contributed by atoms with E-state index in [0.29, 0.717) is 11.4 Å². The highest BCUT2D eigenvalue weighted by molar-refractivity contribution is 7.89. The Balaban J connectivity index is 1.85. The number of methoxy groups -OCH3 is 1.